The third-order valence-electron chi connectivity index (χ3n) is 8.21. The minimum Gasteiger partial charge on any atom is -0.480 e. The van der Waals surface area contributed by atoms with Crippen molar-refractivity contribution in [1.82, 2.24) is 15.1 Å². The van der Waals surface area contributed by atoms with Crippen molar-refractivity contribution in [1.29, 1.82) is 0 Å². The van der Waals surface area contributed by atoms with Crippen LogP contribution in [0.25, 0.3) is 11.1 Å². The van der Waals surface area contributed by atoms with Crippen molar-refractivity contribution < 1.29 is 33.0 Å². The van der Waals surface area contributed by atoms with Gasteiger partial charge in [0.1, 0.15) is 6.04 Å². The van der Waals surface area contributed by atoms with Gasteiger partial charge in [-0.1, -0.05) is 30.3 Å². The van der Waals surface area contributed by atoms with Crippen LogP contribution in [0.5, 0.6) is 0 Å². The van der Waals surface area contributed by atoms with E-state index < -0.39 is 29.7 Å². The Hall–Kier alpha value is -3.37. The molecule has 6 rings (SSSR count). The number of fused-ring (bicyclic) bond motifs is 4. The van der Waals surface area contributed by atoms with Gasteiger partial charge in [0.05, 0.1) is 19.8 Å². The summed E-state index contributed by atoms with van der Waals surface area (Å²) >= 11 is 0. The van der Waals surface area contributed by atoms with Gasteiger partial charge in [-0.3, -0.25) is 14.5 Å². The van der Waals surface area contributed by atoms with Crippen LogP contribution in [-0.4, -0.2) is 84.2 Å². The van der Waals surface area contributed by atoms with Gasteiger partial charge in [0.15, 0.2) is 0 Å². The van der Waals surface area contributed by atoms with Crippen LogP contribution in [0.4, 0.5) is 8.78 Å². The van der Waals surface area contributed by atoms with Crippen molar-refractivity contribution in [2.75, 3.05) is 39.4 Å². The minimum atomic E-state index is -3.14. The Balaban J connectivity index is 1.14. The Morgan fingerprint density at radius 3 is 2.51 bits per heavy atom. The molecule has 2 aromatic rings. The minimum absolute atomic E-state index is 0.100. The number of nitrogens with zero attached hydrogens (tertiary/aromatic N) is 2. The number of carbonyl (C=O) groups is 3. The van der Waals surface area contributed by atoms with Gasteiger partial charge in [0.2, 0.25) is 5.91 Å². The summed E-state index contributed by atoms with van der Waals surface area (Å²) in [6.45, 7) is 3.22. The fourth-order valence-corrected chi connectivity index (χ4v) is 6.30. The summed E-state index contributed by atoms with van der Waals surface area (Å²) in [5, 5.41) is 12.3. The lowest BCUT2D eigenvalue weighted by molar-refractivity contribution is -0.149. The highest BCUT2D eigenvalue weighted by molar-refractivity contribution is 5.99. The number of amides is 2. The Kier molecular flexibility index (Phi) is 5.57. The first-order valence-electron chi connectivity index (χ1n) is 12.5. The number of hydrogen-bond acceptors (Lipinski definition) is 5. The molecule has 0 bridgehead atoms. The molecule has 2 aliphatic heterocycles. The quantitative estimate of drug-likeness (QED) is 0.618. The summed E-state index contributed by atoms with van der Waals surface area (Å²) in [7, 11) is 0. The molecule has 0 unspecified atom stereocenters. The standard InChI is InChI=1S/C27H27F2N3O5/c28-27(29)19-4-2-1-3-17(19)18-11-16(5-6-20(18)27)24(34)30-14-23(33)32-21(25(35)36)12-26(13-22(26)32)15-31-7-9-37-10-8-31/h1-6,11,21-22H,7-10,12-15H2,(H,30,34)(H,35,36)/t21-,22-,26+/m0/s1. The molecular weight excluding hydrogens is 484 g/mol. The summed E-state index contributed by atoms with van der Waals surface area (Å²) in [6, 6.07) is 9.08. The average Bonchev–Trinajstić information content (AvgIpc) is 3.40. The Labute approximate surface area is 212 Å². The zero-order valence-electron chi connectivity index (χ0n) is 20.1. The summed E-state index contributed by atoms with van der Waals surface area (Å²) in [6.07, 6.45) is 1.13. The lowest BCUT2D eigenvalue weighted by Crippen LogP contribution is -2.47. The zero-order valence-corrected chi connectivity index (χ0v) is 20.1. The van der Waals surface area contributed by atoms with E-state index >= 15 is 0 Å². The van der Waals surface area contributed by atoms with E-state index in [4.69, 9.17) is 4.74 Å². The molecule has 10 heteroatoms. The van der Waals surface area contributed by atoms with Crippen LogP contribution in [-0.2, 0) is 20.2 Å². The number of carboxylic acid groups (broad SMARTS) is 1. The highest BCUT2D eigenvalue weighted by atomic mass is 19.3. The van der Waals surface area contributed by atoms with Crippen LogP contribution in [0.3, 0.4) is 0 Å². The SMILES string of the molecule is O=C(NCC(=O)N1[C@H]2C[C@@]2(CN2CCOCC2)C[C@H]1C(=O)O)c1ccc2c(c1)-c1ccccc1C2(F)F. The lowest BCUT2D eigenvalue weighted by atomic mass is 9.98. The molecule has 194 valence electrons. The number of halogens is 2. The maximum Gasteiger partial charge on any atom is 0.326 e. The summed E-state index contributed by atoms with van der Waals surface area (Å²) in [5.74, 6) is -5.22. The molecule has 37 heavy (non-hydrogen) atoms. The van der Waals surface area contributed by atoms with Gasteiger partial charge >= 0.3 is 5.97 Å². The summed E-state index contributed by atoms with van der Waals surface area (Å²) in [4.78, 5) is 41.6. The van der Waals surface area contributed by atoms with Crippen LogP contribution in [0, 0.1) is 5.41 Å². The van der Waals surface area contributed by atoms with Gasteiger partial charge in [-0.05, 0) is 36.1 Å². The van der Waals surface area contributed by atoms with E-state index in [0.29, 0.717) is 25.2 Å². The Bertz CT molecular complexity index is 1290. The van der Waals surface area contributed by atoms with Gasteiger partial charge < -0.3 is 20.1 Å². The molecule has 2 N–H and O–H groups in total. The molecule has 0 radical (unpaired) electrons. The largest absolute Gasteiger partial charge is 0.480 e. The number of ether oxygens (including phenoxy) is 1. The summed E-state index contributed by atoms with van der Waals surface area (Å²) < 4.78 is 35.0. The number of rotatable bonds is 6. The average molecular weight is 512 g/mol. The van der Waals surface area contributed by atoms with Gasteiger partial charge in [-0.25, -0.2) is 4.79 Å². The third kappa shape index (κ3) is 3.90. The molecule has 2 aromatic carbocycles. The number of aliphatic carboxylic acids is 1. The van der Waals surface area contributed by atoms with Crippen molar-refractivity contribution in [2.45, 2.75) is 30.8 Å². The number of morpholine rings is 1. The first-order chi connectivity index (χ1) is 17.7. The second-order valence-electron chi connectivity index (χ2n) is 10.4. The molecule has 2 aliphatic carbocycles. The van der Waals surface area contributed by atoms with Crippen LogP contribution in [0.2, 0.25) is 0 Å². The Morgan fingerprint density at radius 2 is 1.76 bits per heavy atom. The molecule has 0 aromatic heterocycles. The molecule has 3 atom stereocenters. The highest BCUT2D eigenvalue weighted by Gasteiger charge is 2.67. The summed E-state index contributed by atoms with van der Waals surface area (Å²) in [5.41, 5.74) is 0.322. The van der Waals surface area contributed by atoms with Gasteiger partial charge in [-0.15, -0.1) is 0 Å². The fraction of sp³-hybridized carbons (Fsp3) is 0.444. The number of hydrogen-bond donors (Lipinski definition) is 2. The maximum absolute atomic E-state index is 14.8. The monoisotopic (exact) mass is 511 g/mol. The van der Waals surface area contributed by atoms with E-state index in [0.717, 1.165) is 26.1 Å². The maximum atomic E-state index is 14.8. The molecule has 2 heterocycles. The van der Waals surface area contributed by atoms with E-state index in [1.165, 1.54) is 29.2 Å². The van der Waals surface area contributed by atoms with E-state index in [2.05, 4.69) is 10.2 Å². The van der Waals surface area contributed by atoms with Gasteiger partial charge in [-0.2, -0.15) is 8.78 Å². The van der Waals surface area contributed by atoms with Crippen LogP contribution < -0.4 is 5.32 Å². The second-order valence-corrected chi connectivity index (χ2v) is 10.4. The highest BCUT2D eigenvalue weighted by Crippen LogP contribution is 2.60. The first kappa shape index (κ1) is 24.0. The molecule has 8 nitrogen and oxygen atoms in total. The number of piperidine rings is 1. The number of carbonyl (C=O) groups excluding carboxylic acids is 2. The molecular formula is C27H27F2N3O5. The molecule has 3 fully saturated rings. The van der Waals surface area contributed by atoms with E-state index in [9.17, 15) is 28.3 Å². The van der Waals surface area contributed by atoms with Crippen LogP contribution >= 0.6 is 0 Å². The number of benzene rings is 2. The van der Waals surface area contributed by atoms with Gasteiger partial charge in [0.25, 0.3) is 11.8 Å². The number of alkyl halides is 2. The Morgan fingerprint density at radius 1 is 1.03 bits per heavy atom. The number of nitrogens with one attached hydrogen (secondary N) is 1. The topological polar surface area (TPSA) is 99.2 Å². The van der Waals surface area contributed by atoms with Crippen molar-refractivity contribution >= 4 is 17.8 Å². The van der Waals surface area contributed by atoms with Crippen molar-refractivity contribution in [3.8, 4) is 11.1 Å². The van der Waals surface area contributed by atoms with Crippen LogP contribution in [0.15, 0.2) is 42.5 Å². The number of carboxylic acids is 1. The lowest BCUT2D eigenvalue weighted by Gasteiger charge is -2.29. The molecule has 4 aliphatic rings. The first-order valence-corrected chi connectivity index (χ1v) is 12.5. The predicted molar refractivity (Wildman–Crippen MR) is 128 cm³/mol. The molecule has 2 amide bonds. The van der Waals surface area contributed by atoms with Crippen molar-refractivity contribution in [2.24, 2.45) is 5.41 Å². The van der Waals surface area contributed by atoms with Crippen molar-refractivity contribution in [3.05, 3.63) is 59.2 Å². The fourth-order valence-electron chi connectivity index (χ4n) is 6.30. The zero-order chi connectivity index (χ0) is 25.9. The normalized spacial score (nSPS) is 27.2. The molecule has 2 saturated heterocycles. The van der Waals surface area contributed by atoms with E-state index in [-0.39, 0.29) is 40.3 Å². The molecule has 0 spiro atoms. The smallest absolute Gasteiger partial charge is 0.326 e. The predicted octanol–water partition coefficient (Wildman–Crippen LogP) is 2.31. The molecule has 1 saturated carbocycles. The third-order valence-corrected chi connectivity index (χ3v) is 8.21. The van der Waals surface area contributed by atoms with E-state index in [1.54, 1.807) is 18.2 Å². The van der Waals surface area contributed by atoms with E-state index in [1.807, 2.05) is 0 Å². The van der Waals surface area contributed by atoms with Crippen LogP contribution in [0.1, 0.15) is 34.3 Å². The van der Waals surface area contributed by atoms with Gasteiger partial charge in [0, 0.05) is 47.8 Å². The van der Waals surface area contributed by atoms with Crippen molar-refractivity contribution in [3.63, 3.8) is 0 Å². The number of likely N-dealkylation sites (tertiary alicyclic amines) is 1. The second kappa shape index (κ2) is 8.59.